The van der Waals surface area contributed by atoms with Crippen molar-refractivity contribution in [2.75, 3.05) is 26.2 Å². The van der Waals surface area contributed by atoms with Gasteiger partial charge in [0.2, 0.25) is 0 Å². The topological polar surface area (TPSA) is 59.1 Å². The molecule has 276 valence electrons. The maximum atomic E-state index is 12.5. The summed E-state index contributed by atoms with van der Waals surface area (Å²) in [7, 11) is 0. The number of carbonyl (C=O) groups is 2. The minimum absolute atomic E-state index is 0.0562. The summed E-state index contributed by atoms with van der Waals surface area (Å²) in [5, 5.41) is 0. The molecule has 1 saturated heterocycles. The Hall–Kier alpha value is -4.26. The number of likely N-dealkylation sites (tertiary alicyclic amines) is 1. The van der Waals surface area contributed by atoms with E-state index in [4.69, 9.17) is 9.47 Å². The van der Waals surface area contributed by atoms with Crippen LogP contribution in [0, 0.1) is 5.92 Å². The normalized spacial score (nSPS) is 24.2. The Bertz CT molecular complexity index is 1840. The van der Waals surface area contributed by atoms with Gasteiger partial charge in [0.25, 0.3) is 0 Å². The lowest BCUT2D eigenvalue weighted by Crippen LogP contribution is -2.69. The van der Waals surface area contributed by atoms with Crippen LogP contribution in [0.25, 0.3) is 0 Å². The molecule has 0 aromatic heterocycles. The van der Waals surface area contributed by atoms with Gasteiger partial charge in [0.05, 0.1) is 6.54 Å². The van der Waals surface area contributed by atoms with Gasteiger partial charge >= 0.3 is 5.97 Å². The van der Waals surface area contributed by atoms with Crippen molar-refractivity contribution in [3.63, 3.8) is 0 Å². The number of benzene rings is 4. The highest BCUT2D eigenvalue weighted by Crippen LogP contribution is 2.64. The molecule has 53 heavy (non-hydrogen) atoms. The molecule has 5 atom stereocenters. The minimum atomic E-state index is -0.322. The number of unbranched alkanes of at least 4 members (excludes halogenated alkanes) is 3. The van der Waals surface area contributed by atoms with Gasteiger partial charge in [0, 0.05) is 42.4 Å². The van der Waals surface area contributed by atoms with Crippen molar-refractivity contribution in [2.45, 2.75) is 101 Å². The summed E-state index contributed by atoms with van der Waals surface area (Å²) in [6, 6.07) is 37.5. The van der Waals surface area contributed by atoms with E-state index < -0.39 is 0 Å². The predicted octanol–water partition coefficient (Wildman–Crippen LogP) is 8.55. The number of esters is 1. The summed E-state index contributed by atoms with van der Waals surface area (Å²) in [5.41, 5.74) is 6.50. The van der Waals surface area contributed by atoms with Crippen LogP contribution in [-0.2, 0) is 27.8 Å². The van der Waals surface area contributed by atoms with Crippen LogP contribution >= 0.6 is 0 Å². The third-order valence-corrected chi connectivity index (χ3v) is 12.9. The van der Waals surface area contributed by atoms with E-state index in [-0.39, 0.29) is 35.2 Å². The number of aryl methyl sites for hydroxylation is 1. The van der Waals surface area contributed by atoms with Gasteiger partial charge in [-0.3, -0.25) is 19.4 Å². The van der Waals surface area contributed by atoms with E-state index in [1.807, 2.05) is 6.07 Å². The SMILES string of the molecule is CC(=O)CN1CC[C@]23c4c5ccc(OC(C)=O)c4O[C@H]2[C@@H](N(CCCCCCc2ccccc2)CC(c2ccccc2)c2ccccc2)CC[C@H]3[C@H]1C5. The molecular formula is C47H54N2O4. The van der Waals surface area contributed by atoms with Crippen LogP contribution in [0.15, 0.2) is 103 Å². The second-order valence-corrected chi connectivity index (χ2v) is 16.1. The van der Waals surface area contributed by atoms with Crippen LogP contribution in [0.3, 0.4) is 0 Å². The Morgan fingerprint density at radius 1 is 0.849 bits per heavy atom. The first-order chi connectivity index (χ1) is 25.9. The molecule has 6 nitrogen and oxygen atoms in total. The highest BCUT2D eigenvalue weighted by Gasteiger charge is 2.66. The van der Waals surface area contributed by atoms with Gasteiger partial charge in [0.15, 0.2) is 11.5 Å². The summed E-state index contributed by atoms with van der Waals surface area (Å²) < 4.78 is 13.2. The van der Waals surface area contributed by atoms with E-state index in [2.05, 4.69) is 107 Å². The molecule has 0 N–H and O–H groups in total. The Morgan fingerprint density at radius 2 is 1.53 bits per heavy atom. The van der Waals surface area contributed by atoms with Crippen molar-refractivity contribution < 1.29 is 19.1 Å². The van der Waals surface area contributed by atoms with Crippen LogP contribution < -0.4 is 9.47 Å². The molecule has 1 saturated carbocycles. The van der Waals surface area contributed by atoms with Crippen LogP contribution in [0.2, 0.25) is 0 Å². The maximum Gasteiger partial charge on any atom is 0.308 e. The van der Waals surface area contributed by atoms with E-state index in [1.54, 1.807) is 6.92 Å². The number of piperidine rings is 1. The van der Waals surface area contributed by atoms with E-state index in [0.717, 1.165) is 63.9 Å². The van der Waals surface area contributed by atoms with Gasteiger partial charge < -0.3 is 9.47 Å². The van der Waals surface area contributed by atoms with Gasteiger partial charge in [-0.2, -0.15) is 0 Å². The molecule has 0 amide bonds. The maximum absolute atomic E-state index is 12.5. The zero-order valence-electron chi connectivity index (χ0n) is 31.4. The summed E-state index contributed by atoms with van der Waals surface area (Å²) in [6.45, 7) is 6.49. The fourth-order valence-electron chi connectivity index (χ4n) is 10.7. The standard InChI is InChI=1S/C47H54N2O4/c1-33(50)31-49-29-27-47-40-24-25-41(46(47)53-45-43(52-34(2)51)26-23-38(44(45)47)30-42(40)49)48(28-15-4-3-8-16-35-17-9-5-10-18-35)32-39(36-19-11-6-12-20-36)37-21-13-7-14-22-37/h5-7,9-14,17-23,26,39-42,46H,3-4,8,15-16,24-25,27-32H2,1-2H3/t40-,41-,42+,46-,47-/m0/s1. The third kappa shape index (κ3) is 7.08. The summed E-state index contributed by atoms with van der Waals surface area (Å²) in [6.07, 6.45) is 9.80. The molecular weight excluding hydrogens is 657 g/mol. The number of rotatable bonds is 15. The van der Waals surface area contributed by atoms with E-state index >= 15 is 0 Å². The first-order valence-electron chi connectivity index (χ1n) is 20.0. The lowest BCUT2D eigenvalue weighted by Gasteiger charge is -2.60. The predicted molar refractivity (Wildman–Crippen MR) is 210 cm³/mol. The monoisotopic (exact) mass is 710 g/mol. The average molecular weight is 711 g/mol. The van der Waals surface area contributed by atoms with E-state index in [1.165, 1.54) is 54.0 Å². The third-order valence-electron chi connectivity index (χ3n) is 12.9. The number of ketones is 1. The van der Waals surface area contributed by atoms with Gasteiger partial charge in [-0.25, -0.2) is 0 Å². The molecule has 0 radical (unpaired) electrons. The van der Waals surface area contributed by atoms with Gasteiger partial charge in [-0.1, -0.05) is 110 Å². The molecule has 8 rings (SSSR count). The lowest BCUT2D eigenvalue weighted by molar-refractivity contribution is -0.132. The summed E-state index contributed by atoms with van der Waals surface area (Å²) >= 11 is 0. The molecule has 1 spiro atoms. The van der Waals surface area contributed by atoms with Crippen LogP contribution in [0.5, 0.6) is 11.5 Å². The Labute approximate surface area is 315 Å². The van der Waals surface area contributed by atoms with Gasteiger partial charge in [-0.05, 0) is 99.2 Å². The van der Waals surface area contributed by atoms with Gasteiger partial charge in [-0.15, -0.1) is 0 Å². The zero-order chi connectivity index (χ0) is 36.4. The summed E-state index contributed by atoms with van der Waals surface area (Å²) in [5.74, 6) is 1.86. The number of ether oxygens (including phenoxy) is 2. The first kappa shape index (κ1) is 35.8. The first-order valence-corrected chi connectivity index (χ1v) is 20.0. The molecule has 4 aromatic rings. The molecule has 2 heterocycles. The van der Waals surface area contributed by atoms with Crippen molar-refractivity contribution in [3.8, 4) is 11.5 Å². The Balaban J connectivity index is 1.13. The number of Topliss-reactive ketones (excluding diaryl/α,β-unsaturated/α-hetero) is 1. The highest BCUT2D eigenvalue weighted by molar-refractivity contribution is 5.78. The fourth-order valence-corrected chi connectivity index (χ4v) is 10.7. The van der Waals surface area contributed by atoms with E-state index in [9.17, 15) is 9.59 Å². The molecule has 2 fully saturated rings. The largest absolute Gasteiger partial charge is 0.484 e. The Kier molecular flexibility index (Phi) is 10.5. The highest BCUT2D eigenvalue weighted by atomic mass is 16.6. The van der Waals surface area contributed by atoms with Crippen molar-refractivity contribution in [1.82, 2.24) is 9.80 Å². The van der Waals surface area contributed by atoms with Gasteiger partial charge in [0.1, 0.15) is 11.9 Å². The molecule has 2 bridgehead atoms. The zero-order valence-corrected chi connectivity index (χ0v) is 31.4. The van der Waals surface area contributed by atoms with Crippen molar-refractivity contribution >= 4 is 11.8 Å². The molecule has 2 aliphatic heterocycles. The molecule has 4 aliphatic rings. The average Bonchev–Trinajstić information content (AvgIpc) is 3.52. The van der Waals surface area contributed by atoms with Crippen LogP contribution in [-0.4, -0.2) is 65.9 Å². The fraction of sp³-hybridized carbons (Fsp3) is 0.447. The van der Waals surface area contributed by atoms with E-state index in [0.29, 0.717) is 24.3 Å². The second-order valence-electron chi connectivity index (χ2n) is 16.1. The van der Waals surface area contributed by atoms with Crippen molar-refractivity contribution in [2.24, 2.45) is 5.92 Å². The van der Waals surface area contributed by atoms with Crippen LogP contribution in [0.4, 0.5) is 0 Å². The Morgan fingerprint density at radius 3 is 2.21 bits per heavy atom. The molecule has 2 aliphatic carbocycles. The summed E-state index contributed by atoms with van der Waals surface area (Å²) in [4.78, 5) is 30.1. The van der Waals surface area contributed by atoms with Crippen LogP contribution in [0.1, 0.15) is 92.5 Å². The quantitative estimate of drug-likeness (QED) is 0.0701. The molecule has 0 unspecified atom stereocenters. The number of hydrogen-bond donors (Lipinski definition) is 0. The second kappa shape index (κ2) is 15.6. The minimum Gasteiger partial charge on any atom is -0.484 e. The van der Waals surface area contributed by atoms with Crippen molar-refractivity contribution in [3.05, 3.63) is 131 Å². The number of hydrogen-bond acceptors (Lipinski definition) is 6. The smallest absolute Gasteiger partial charge is 0.308 e. The number of nitrogens with zero attached hydrogens (tertiary/aromatic N) is 2. The molecule has 6 heteroatoms. The molecule has 4 aromatic carbocycles. The number of carbonyl (C=O) groups excluding carboxylic acids is 2. The van der Waals surface area contributed by atoms with Crippen molar-refractivity contribution in [1.29, 1.82) is 0 Å². The lowest BCUT2D eigenvalue weighted by atomic mass is 9.51.